The van der Waals surface area contributed by atoms with E-state index in [0.717, 1.165) is 35.2 Å². The third-order valence-corrected chi connectivity index (χ3v) is 5.05. The van der Waals surface area contributed by atoms with Gasteiger partial charge in [0.25, 0.3) is 5.91 Å². The van der Waals surface area contributed by atoms with Gasteiger partial charge >= 0.3 is 6.18 Å². The number of amides is 1. The molecule has 0 radical (unpaired) electrons. The van der Waals surface area contributed by atoms with Crippen LogP contribution in [0.4, 0.5) is 23.2 Å². The lowest BCUT2D eigenvalue weighted by atomic mass is 10.0. The SMILES string of the molecule is CCc1ccc(C(F)(F)F)cc1-c1ccc(C(=O)Nc2ccncc2F)s1. The van der Waals surface area contributed by atoms with Gasteiger partial charge in [0.15, 0.2) is 5.82 Å². The summed E-state index contributed by atoms with van der Waals surface area (Å²) in [6.45, 7) is 1.85. The number of nitrogens with zero attached hydrogens (tertiary/aromatic N) is 1. The summed E-state index contributed by atoms with van der Waals surface area (Å²) < 4.78 is 52.7. The fourth-order valence-corrected chi connectivity index (χ4v) is 3.51. The molecule has 1 aromatic carbocycles. The van der Waals surface area contributed by atoms with Crippen LogP contribution in [-0.4, -0.2) is 10.9 Å². The first-order valence-corrected chi connectivity index (χ1v) is 8.82. The molecule has 3 nitrogen and oxygen atoms in total. The average molecular weight is 394 g/mol. The predicted molar refractivity (Wildman–Crippen MR) is 96.3 cm³/mol. The summed E-state index contributed by atoms with van der Waals surface area (Å²) in [5.41, 5.74) is 0.426. The Hall–Kier alpha value is -2.74. The van der Waals surface area contributed by atoms with Crippen LogP contribution in [0.3, 0.4) is 0 Å². The topological polar surface area (TPSA) is 42.0 Å². The van der Waals surface area contributed by atoms with E-state index in [1.54, 1.807) is 6.07 Å². The van der Waals surface area contributed by atoms with Gasteiger partial charge in [0.05, 0.1) is 22.3 Å². The number of rotatable bonds is 4. The van der Waals surface area contributed by atoms with Gasteiger partial charge in [-0.1, -0.05) is 13.0 Å². The number of aromatic nitrogens is 1. The van der Waals surface area contributed by atoms with E-state index in [-0.39, 0.29) is 10.6 Å². The highest BCUT2D eigenvalue weighted by molar-refractivity contribution is 7.17. The maximum Gasteiger partial charge on any atom is 0.416 e. The molecule has 1 amide bonds. The number of nitrogens with one attached hydrogen (secondary N) is 1. The van der Waals surface area contributed by atoms with Crippen LogP contribution in [-0.2, 0) is 12.6 Å². The van der Waals surface area contributed by atoms with Crippen molar-refractivity contribution in [1.82, 2.24) is 4.98 Å². The zero-order chi connectivity index (χ0) is 19.6. The molecule has 1 N–H and O–H groups in total. The van der Waals surface area contributed by atoms with Crippen molar-refractivity contribution < 1.29 is 22.4 Å². The molecule has 0 spiro atoms. The number of halogens is 4. The van der Waals surface area contributed by atoms with E-state index < -0.39 is 23.5 Å². The third kappa shape index (κ3) is 4.16. The number of alkyl halides is 3. The number of carbonyl (C=O) groups excluding carboxylic acids is 1. The standard InChI is InChI=1S/C19H14F4N2OS/c1-2-11-3-4-12(19(21,22)23)9-13(11)16-5-6-17(27-16)18(26)25-15-7-8-24-10-14(15)20/h3-10H,2H2,1H3,(H,24,25,26). The van der Waals surface area contributed by atoms with E-state index in [4.69, 9.17) is 0 Å². The second-order valence-electron chi connectivity index (χ2n) is 5.70. The third-order valence-electron chi connectivity index (χ3n) is 3.93. The van der Waals surface area contributed by atoms with Crippen LogP contribution in [0, 0.1) is 5.82 Å². The molecule has 0 bridgehead atoms. The monoisotopic (exact) mass is 394 g/mol. The number of carbonyl (C=O) groups is 1. The van der Waals surface area contributed by atoms with E-state index in [2.05, 4.69) is 10.3 Å². The second-order valence-corrected chi connectivity index (χ2v) is 6.78. The van der Waals surface area contributed by atoms with Crippen LogP contribution < -0.4 is 5.32 Å². The highest BCUT2D eigenvalue weighted by Gasteiger charge is 2.31. The minimum absolute atomic E-state index is 0.0155. The lowest BCUT2D eigenvalue weighted by Crippen LogP contribution is -2.11. The molecule has 0 fully saturated rings. The van der Waals surface area contributed by atoms with Crippen molar-refractivity contribution >= 4 is 22.9 Å². The van der Waals surface area contributed by atoms with E-state index in [1.807, 2.05) is 6.92 Å². The number of aryl methyl sites for hydroxylation is 1. The van der Waals surface area contributed by atoms with Gasteiger partial charge in [-0.2, -0.15) is 13.2 Å². The van der Waals surface area contributed by atoms with Crippen molar-refractivity contribution in [2.24, 2.45) is 0 Å². The van der Waals surface area contributed by atoms with Crippen molar-refractivity contribution in [1.29, 1.82) is 0 Å². The van der Waals surface area contributed by atoms with E-state index in [1.165, 1.54) is 24.4 Å². The van der Waals surface area contributed by atoms with Crippen LogP contribution in [0.25, 0.3) is 10.4 Å². The molecule has 0 aliphatic rings. The molecule has 0 saturated carbocycles. The minimum Gasteiger partial charge on any atom is -0.319 e. The fourth-order valence-electron chi connectivity index (χ4n) is 2.56. The maximum absolute atomic E-state index is 13.6. The van der Waals surface area contributed by atoms with E-state index >= 15 is 0 Å². The Kier molecular flexibility index (Phi) is 5.27. The molecule has 3 aromatic rings. The fraction of sp³-hybridized carbons (Fsp3) is 0.158. The number of hydrogen-bond acceptors (Lipinski definition) is 3. The van der Waals surface area contributed by atoms with Crippen molar-refractivity contribution in [3.63, 3.8) is 0 Å². The van der Waals surface area contributed by atoms with Gasteiger partial charge in [-0.25, -0.2) is 4.39 Å². The van der Waals surface area contributed by atoms with Gasteiger partial charge in [-0.05, 0) is 47.9 Å². The Morgan fingerprint density at radius 3 is 2.63 bits per heavy atom. The molecule has 2 aromatic heterocycles. The molecule has 0 aliphatic carbocycles. The van der Waals surface area contributed by atoms with Gasteiger partial charge in [0.2, 0.25) is 0 Å². The maximum atomic E-state index is 13.6. The zero-order valence-electron chi connectivity index (χ0n) is 14.1. The highest BCUT2D eigenvalue weighted by atomic mass is 32.1. The Labute approximate surface area is 156 Å². The van der Waals surface area contributed by atoms with Crippen LogP contribution in [0.1, 0.15) is 27.7 Å². The molecular weight excluding hydrogens is 380 g/mol. The van der Waals surface area contributed by atoms with Crippen LogP contribution >= 0.6 is 11.3 Å². The largest absolute Gasteiger partial charge is 0.416 e. The molecule has 0 aliphatic heterocycles. The van der Waals surface area contributed by atoms with E-state index in [9.17, 15) is 22.4 Å². The molecule has 3 rings (SSSR count). The summed E-state index contributed by atoms with van der Waals surface area (Å²) in [6, 6.07) is 8.02. The Morgan fingerprint density at radius 1 is 1.19 bits per heavy atom. The predicted octanol–water partition coefficient (Wildman–Crippen LogP) is 5.78. The molecule has 2 heterocycles. The molecule has 140 valence electrons. The molecule has 8 heteroatoms. The first-order chi connectivity index (χ1) is 12.8. The zero-order valence-corrected chi connectivity index (χ0v) is 14.9. The molecule has 27 heavy (non-hydrogen) atoms. The Bertz CT molecular complexity index is 982. The first kappa shape index (κ1) is 19.0. The highest BCUT2D eigenvalue weighted by Crippen LogP contribution is 2.37. The quantitative estimate of drug-likeness (QED) is 0.570. The normalized spacial score (nSPS) is 11.4. The molecule has 0 atom stereocenters. The summed E-state index contributed by atoms with van der Waals surface area (Å²) in [5, 5.41) is 2.43. The molecular formula is C19H14F4N2OS. The second kappa shape index (κ2) is 7.48. The van der Waals surface area contributed by atoms with Crippen LogP contribution in [0.2, 0.25) is 0 Å². The number of anilines is 1. The summed E-state index contributed by atoms with van der Waals surface area (Å²) in [4.78, 5) is 16.7. The minimum atomic E-state index is -4.45. The average Bonchev–Trinajstić information content (AvgIpc) is 3.12. The van der Waals surface area contributed by atoms with Gasteiger partial charge in [-0.3, -0.25) is 9.78 Å². The van der Waals surface area contributed by atoms with Gasteiger partial charge in [-0.15, -0.1) is 11.3 Å². The first-order valence-electron chi connectivity index (χ1n) is 8.00. The van der Waals surface area contributed by atoms with Crippen molar-refractivity contribution in [3.05, 3.63) is 70.6 Å². The Balaban J connectivity index is 1.91. The Morgan fingerprint density at radius 2 is 1.96 bits per heavy atom. The molecule has 0 unspecified atom stereocenters. The van der Waals surface area contributed by atoms with Gasteiger partial charge < -0.3 is 5.32 Å². The molecule has 0 saturated heterocycles. The van der Waals surface area contributed by atoms with Crippen molar-refractivity contribution in [2.75, 3.05) is 5.32 Å². The van der Waals surface area contributed by atoms with Gasteiger partial charge in [0, 0.05) is 11.1 Å². The van der Waals surface area contributed by atoms with E-state index in [0.29, 0.717) is 16.9 Å². The number of benzene rings is 1. The number of thiophene rings is 1. The summed E-state index contributed by atoms with van der Waals surface area (Å²) >= 11 is 1.05. The van der Waals surface area contributed by atoms with Crippen molar-refractivity contribution in [2.45, 2.75) is 19.5 Å². The lowest BCUT2D eigenvalue weighted by Gasteiger charge is -2.11. The van der Waals surface area contributed by atoms with Crippen LogP contribution in [0.5, 0.6) is 0 Å². The number of hydrogen-bond donors (Lipinski definition) is 1. The summed E-state index contributed by atoms with van der Waals surface area (Å²) in [7, 11) is 0. The van der Waals surface area contributed by atoms with Gasteiger partial charge in [0.1, 0.15) is 0 Å². The smallest absolute Gasteiger partial charge is 0.319 e. The van der Waals surface area contributed by atoms with Crippen LogP contribution in [0.15, 0.2) is 48.8 Å². The van der Waals surface area contributed by atoms with Crippen molar-refractivity contribution in [3.8, 4) is 10.4 Å². The lowest BCUT2D eigenvalue weighted by molar-refractivity contribution is -0.137. The summed E-state index contributed by atoms with van der Waals surface area (Å²) in [5.74, 6) is -1.21. The number of pyridine rings is 1. The summed E-state index contributed by atoms with van der Waals surface area (Å²) in [6.07, 6.45) is -1.58.